The molecule has 0 aromatic heterocycles. The Kier molecular flexibility index (Phi) is 6.00. The second kappa shape index (κ2) is 7.33. The SMILES string of the molecule is CC(NCC(C)N1CCCC1)c1ccc(Cl)c(Cl)c1Cl. The van der Waals surface area contributed by atoms with E-state index in [1.807, 2.05) is 6.07 Å². The van der Waals surface area contributed by atoms with Crippen LogP contribution in [-0.4, -0.2) is 30.6 Å². The Hall–Kier alpha value is 0.01000. The van der Waals surface area contributed by atoms with E-state index in [9.17, 15) is 0 Å². The largest absolute Gasteiger partial charge is 0.309 e. The van der Waals surface area contributed by atoms with E-state index in [0.29, 0.717) is 21.1 Å². The van der Waals surface area contributed by atoms with Crippen molar-refractivity contribution in [2.24, 2.45) is 0 Å². The summed E-state index contributed by atoms with van der Waals surface area (Å²) in [6.07, 6.45) is 2.64. The summed E-state index contributed by atoms with van der Waals surface area (Å²) < 4.78 is 0. The Morgan fingerprint density at radius 3 is 2.40 bits per heavy atom. The Balaban J connectivity index is 1.94. The third-order valence-electron chi connectivity index (χ3n) is 4.02. The van der Waals surface area contributed by atoms with Crippen LogP contribution in [0.25, 0.3) is 0 Å². The first-order valence-corrected chi connectivity index (χ1v) is 8.25. The molecule has 2 nitrogen and oxygen atoms in total. The van der Waals surface area contributed by atoms with Gasteiger partial charge in [0.2, 0.25) is 0 Å². The zero-order chi connectivity index (χ0) is 14.7. The zero-order valence-corrected chi connectivity index (χ0v) is 14.2. The fraction of sp³-hybridized carbons (Fsp3) is 0.600. The van der Waals surface area contributed by atoms with Gasteiger partial charge in [-0.2, -0.15) is 0 Å². The van der Waals surface area contributed by atoms with Gasteiger partial charge in [-0.3, -0.25) is 4.90 Å². The van der Waals surface area contributed by atoms with E-state index in [1.54, 1.807) is 6.07 Å². The summed E-state index contributed by atoms with van der Waals surface area (Å²) in [5.41, 5.74) is 0.995. The van der Waals surface area contributed by atoms with Gasteiger partial charge in [-0.15, -0.1) is 0 Å². The van der Waals surface area contributed by atoms with E-state index in [1.165, 1.54) is 25.9 Å². The standard InChI is InChI=1S/C15H21Cl3N2/c1-10(20-7-3-4-8-20)9-19-11(2)12-5-6-13(16)15(18)14(12)17/h5-6,10-11,19H,3-4,7-9H2,1-2H3. The van der Waals surface area contributed by atoms with Crippen molar-refractivity contribution in [2.45, 2.75) is 38.8 Å². The fourth-order valence-corrected chi connectivity index (χ4v) is 3.35. The van der Waals surface area contributed by atoms with Crippen LogP contribution in [0.4, 0.5) is 0 Å². The molecule has 1 aromatic carbocycles. The van der Waals surface area contributed by atoms with Crippen molar-refractivity contribution in [3.05, 3.63) is 32.8 Å². The first kappa shape index (κ1) is 16.4. The summed E-state index contributed by atoms with van der Waals surface area (Å²) in [4.78, 5) is 2.52. The van der Waals surface area contributed by atoms with Gasteiger partial charge in [0, 0.05) is 18.6 Å². The van der Waals surface area contributed by atoms with Crippen LogP contribution in [0.5, 0.6) is 0 Å². The molecule has 2 unspecified atom stereocenters. The normalized spacial score (nSPS) is 19.2. The van der Waals surface area contributed by atoms with Gasteiger partial charge in [0.25, 0.3) is 0 Å². The molecule has 2 rings (SSSR count). The molecule has 1 aliphatic heterocycles. The van der Waals surface area contributed by atoms with Crippen molar-refractivity contribution < 1.29 is 0 Å². The average Bonchev–Trinajstić information content (AvgIpc) is 2.96. The maximum Gasteiger partial charge on any atom is 0.0781 e. The molecule has 0 amide bonds. The minimum absolute atomic E-state index is 0.155. The van der Waals surface area contributed by atoms with Crippen molar-refractivity contribution in [2.75, 3.05) is 19.6 Å². The van der Waals surface area contributed by atoms with Crippen LogP contribution < -0.4 is 5.32 Å². The Labute approximate surface area is 136 Å². The highest BCUT2D eigenvalue weighted by molar-refractivity contribution is 6.48. The molecule has 20 heavy (non-hydrogen) atoms. The van der Waals surface area contributed by atoms with Gasteiger partial charge in [-0.25, -0.2) is 0 Å². The van der Waals surface area contributed by atoms with Crippen LogP contribution in [0.15, 0.2) is 12.1 Å². The number of benzene rings is 1. The van der Waals surface area contributed by atoms with Crippen molar-refractivity contribution in [1.29, 1.82) is 0 Å². The van der Waals surface area contributed by atoms with Crippen molar-refractivity contribution in [3.63, 3.8) is 0 Å². The van der Waals surface area contributed by atoms with E-state index in [4.69, 9.17) is 34.8 Å². The highest BCUT2D eigenvalue weighted by Gasteiger charge is 2.19. The van der Waals surface area contributed by atoms with Crippen LogP contribution >= 0.6 is 34.8 Å². The summed E-state index contributed by atoms with van der Waals surface area (Å²) in [7, 11) is 0. The fourth-order valence-electron chi connectivity index (χ4n) is 2.64. The summed E-state index contributed by atoms with van der Waals surface area (Å²) in [6, 6.07) is 4.44. The van der Waals surface area contributed by atoms with E-state index in [0.717, 1.165) is 12.1 Å². The molecule has 1 aliphatic rings. The van der Waals surface area contributed by atoms with Crippen LogP contribution in [0.3, 0.4) is 0 Å². The Morgan fingerprint density at radius 1 is 1.10 bits per heavy atom. The van der Waals surface area contributed by atoms with Gasteiger partial charge >= 0.3 is 0 Å². The summed E-state index contributed by atoms with van der Waals surface area (Å²) in [5.74, 6) is 0. The molecule has 1 fully saturated rings. The molecule has 0 radical (unpaired) electrons. The lowest BCUT2D eigenvalue weighted by atomic mass is 10.1. The van der Waals surface area contributed by atoms with Gasteiger partial charge in [0.15, 0.2) is 0 Å². The Morgan fingerprint density at radius 2 is 1.75 bits per heavy atom. The second-order valence-electron chi connectivity index (χ2n) is 5.49. The maximum atomic E-state index is 6.27. The number of rotatable bonds is 5. The lowest BCUT2D eigenvalue weighted by Gasteiger charge is -2.26. The minimum atomic E-state index is 0.155. The quantitative estimate of drug-likeness (QED) is 0.779. The molecule has 1 aromatic rings. The van der Waals surface area contributed by atoms with Crippen LogP contribution in [0, 0.1) is 0 Å². The number of hydrogen-bond acceptors (Lipinski definition) is 2. The molecule has 1 heterocycles. The Bertz CT molecular complexity index is 459. The van der Waals surface area contributed by atoms with Gasteiger partial charge in [0.05, 0.1) is 15.1 Å². The molecule has 0 aliphatic carbocycles. The molecule has 112 valence electrons. The molecule has 0 bridgehead atoms. The van der Waals surface area contributed by atoms with Crippen molar-refractivity contribution in [1.82, 2.24) is 10.2 Å². The maximum absolute atomic E-state index is 6.27. The van der Waals surface area contributed by atoms with Gasteiger partial charge in [-0.05, 0) is 51.4 Å². The van der Waals surface area contributed by atoms with E-state index < -0.39 is 0 Å². The topological polar surface area (TPSA) is 15.3 Å². The number of halogens is 3. The number of nitrogens with zero attached hydrogens (tertiary/aromatic N) is 1. The number of likely N-dealkylation sites (tertiary alicyclic amines) is 1. The highest BCUT2D eigenvalue weighted by Crippen LogP contribution is 2.35. The van der Waals surface area contributed by atoms with E-state index in [2.05, 4.69) is 24.1 Å². The molecule has 1 saturated heterocycles. The summed E-state index contributed by atoms with van der Waals surface area (Å²) in [5, 5.41) is 5.02. The van der Waals surface area contributed by atoms with Gasteiger partial charge in [-0.1, -0.05) is 40.9 Å². The second-order valence-corrected chi connectivity index (χ2v) is 6.65. The molecule has 2 atom stereocenters. The summed E-state index contributed by atoms with van der Waals surface area (Å²) in [6.45, 7) is 7.73. The predicted molar refractivity (Wildman–Crippen MR) is 88.2 cm³/mol. The third kappa shape index (κ3) is 3.80. The van der Waals surface area contributed by atoms with Crippen LogP contribution in [-0.2, 0) is 0 Å². The molecule has 0 saturated carbocycles. The first-order valence-electron chi connectivity index (χ1n) is 7.11. The lowest BCUT2D eigenvalue weighted by Crippen LogP contribution is -2.39. The van der Waals surface area contributed by atoms with Gasteiger partial charge in [0.1, 0.15) is 0 Å². The van der Waals surface area contributed by atoms with Crippen molar-refractivity contribution in [3.8, 4) is 0 Å². The molecule has 1 N–H and O–H groups in total. The minimum Gasteiger partial charge on any atom is -0.309 e. The summed E-state index contributed by atoms with van der Waals surface area (Å²) >= 11 is 18.3. The monoisotopic (exact) mass is 334 g/mol. The van der Waals surface area contributed by atoms with Crippen molar-refractivity contribution >= 4 is 34.8 Å². The molecular weight excluding hydrogens is 315 g/mol. The molecule has 5 heteroatoms. The lowest BCUT2D eigenvalue weighted by molar-refractivity contribution is 0.247. The van der Waals surface area contributed by atoms with E-state index >= 15 is 0 Å². The smallest absolute Gasteiger partial charge is 0.0781 e. The predicted octanol–water partition coefficient (Wildman–Crippen LogP) is 4.78. The third-order valence-corrected chi connectivity index (χ3v) is 5.32. The first-order chi connectivity index (χ1) is 9.50. The molecule has 0 spiro atoms. The van der Waals surface area contributed by atoms with Crippen LogP contribution in [0.1, 0.15) is 38.3 Å². The highest BCUT2D eigenvalue weighted by atomic mass is 35.5. The number of nitrogens with one attached hydrogen (secondary N) is 1. The molecular formula is C15H21Cl3N2. The number of hydrogen-bond donors (Lipinski definition) is 1. The average molecular weight is 336 g/mol. The zero-order valence-electron chi connectivity index (χ0n) is 11.9. The van der Waals surface area contributed by atoms with Crippen LogP contribution in [0.2, 0.25) is 15.1 Å². The van der Waals surface area contributed by atoms with E-state index in [-0.39, 0.29) is 6.04 Å². The van der Waals surface area contributed by atoms with Gasteiger partial charge < -0.3 is 5.32 Å².